The van der Waals surface area contributed by atoms with Gasteiger partial charge in [0, 0.05) is 35.4 Å². The first kappa shape index (κ1) is 23.0. The Morgan fingerprint density at radius 3 is 2.45 bits per heavy atom. The van der Waals surface area contributed by atoms with Gasteiger partial charge in [-0.1, -0.05) is 36.9 Å². The lowest BCUT2D eigenvalue weighted by Gasteiger charge is -2.20. The monoisotopic (exact) mass is 462 g/mol. The second-order valence-corrected chi connectivity index (χ2v) is 9.42. The van der Waals surface area contributed by atoms with E-state index in [-0.39, 0.29) is 22.8 Å². The minimum Gasteiger partial charge on any atom is -0.296 e. The van der Waals surface area contributed by atoms with E-state index < -0.39 is 5.56 Å². The zero-order chi connectivity index (χ0) is 23.7. The average Bonchev–Trinajstić information content (AvgIpc) is 2.80. The van der Waals surface area contributed by atoms with E-state index in [1.807, 2.05) is 37.3 Å². The topological polar surface area (TPSA) is 78.1 Å². The molecule has 0 amide bonds. The second kappa shape index (κ2) is 9.35. The summed E-state index contributed by atoms with van der Waals surface area (Å²) in [6.07, 6.45) is 2.35. The molecule has 1 heterocycles. The van der Waals surface area contributed by atoms with Gasteiger partial charge < -0.3 is 0 Å². The number of nitrogens with zero attached hydrogens (tertiary/aromatic N) is 2. The number of aryl methyl sites for hydroxylation is 2. The third kappa shape index (κ3) is 4.13. The van der Waals surface area contributed by atoms with Gasteiger partial charge in [0.1, 0.15) is 0 Å². The van der Waals surface area contributed by atoms with Crippen LogP contribution < -0.4 is 11.2 Å². The Balaban J connectivity index is 1.89. The van der Waals surface area contributed by atoms with E-state index in [1.165, 1.54) is 20.9 Å². The summed E-state index contributed by atoms with van der Waals surface area (Å²) in [6, 6.07) is 12.9. The van der Waals surface area contributed by atoms with E-state index in [4.69, 9.17) is 0 Å². The van der Waals surface area contributed by atoms with Gasteiger partial charge in [0.05, 0.1) is 16.5 Å². The second-order valence-electron chi connectivity index (χ2n) is 8.25. The van der Waals surface area contributed by atoms with E-state index >= 15 is 0 Å². The number of carbonyl (C=O) groups excluding carboxylic acids is 2. The van der Waals surface area contributed by atoms with Gasteiger partial charge in [0.15, 0.2) is 11.6 Å². The van der Waals surface area contributed by atoms with Crippen LogP contribution >= 0.6 is 11.8 Å². The van der Waals surface area contributed by atoms with Gasteiger partial charge in [-0.05, 0) is 56.0 Å². The van der Waals surface area contributed by atoms with Crippen molar-refractivity contribution in [1.82, 2.24) is 9.13 Å². The molecule has 0 fully saturated rings. The number of benzene rings is 2. The fourth-order valence-corrected chi connectivity index (χ4v) is 5.49. The Bertz CT molecular complexity index is 1410. The first-order valence-electron chi connectivity index (χ1n) is 11.1. The predicted molar refractivity (Wildman–Crippen MR) is 131 cm³/mol. The number of aromatic nitrogens is 2. The Labute approximate surface area is 195 Å². The van der Waals surface area contributed by atoms with Crippen molar-refractivity contribution in [3.63, 3.8) is 0 Å². The summed E-state index contributed by atoms with van der Waals surface area (Å²) in [7, 11) is 1.62. The Morgan fingerprint density at radius 2 is 1.76 bits per heavy atom. The fourth-order valence-electron chi connectivity index (χ4n) is 4.36. The molecule has 0 saturated carbocycles. The molecule has 0 spiro atoms. The molecule has 0 saturated heterocycles. The highest BCUT2D eigenvalue weighted by atomic mass is 32.2. The van der Waals surface area contributed by atoms with Crippen LogP contribution in [0.15, 0.2) is 67.4 Å². The van der Waals surface area contributed by atoms with E-state index in [1.54, 1.807) is 26.1 Å². The molecule has 0 atom stereocenters. The third-order valence-corrected chi connectivity index (χ3v) is 7.21. The highest BCUT2D eigenvalue weighted by Gasteiger charge is 2.29. The van der Waals surface area contributed by atoms with Gasteiger partial charge in [-0.2, -0.15) is 0 Å². The standard InChI is InChI=1S/C26H26N2O4S/c1-4-15-28-25(31)22-16(2)18(13-14-19(22)27(3)26(28)32)24(30)23-20(29)11-8-12-21(23)33-17-9-6-5-7-10-17/h5-7,9-10,13-14H,4,8,11-12,15H2,1-3H3. The number of allylic oxidation sites excluding steroid dienone is 2. The van der Waals surface area contributed by atoms with Gasteiger partial charge in [-0.3, -0.25) is 23.5 Å². The summed E-state index contributed by atoms with van der Waals surface area (Å²) in [5.41, 5.74) is 0.755. The molecular weight excluding hydrogens is 436 g/mol. The quantitative estimate of drug-likeness (QED) is 0.401. The van der Waals surface area contributed by atoms with Crippen molar-refractivity contribution >= 4 is 34.2 Å². The van der Waals surface area contributed by atoms with Crippen LogP contribution in [0, 0.1) is 6.92 Å². The lowest BCUT2D eigenvalue weighted by atomic mass is 9.89. The number of thioether (sulfide) groups is 1. The lowest BCUT2D eigenvalue weighted by Crippen LogP contribution is -2.39. The molecule has 7 heteroatoms. The molecular formula is C26H26N2O4S. The van der Waals surface area contributed by atoms with Crippen molar-refractivity contribution in [2.45, 2.75) is 51.0 Å². The highest BCUT2D eigenvalue weighted by molar-refractivity contribution is 8.03. The van der Waals surface area contributed by atoms with Crippen LogP contribution in [0.25, 0.3) is 10.9 Å². The van der Waals surface area contributed by atoms with E-state index in [0.29, 0.717) is 54.3 Å². The normalized spacial score (nSPS) is 14.2. The van der Waals surface area contributed by atoms with Crippen LogP contribution in [-0.4, -0.2) is 20.7 Å². The molecule has 1 aromatic heterocycles. The molecule has 0 unspecified atom stereocenters. The largest absolute Gasteiger partial charge is 0.331 e. The van der Waals surface area contributed by atoms with Crippen molar-refractivity contribution in [3.8, 4) is 0 Å². The fraction of sp³-hybridized carbons (Fsp3) is 0.308. The SMILES string of the molecule is CCCn1c(=O)c2c(C)c(C(=O)C3=C(Sc4ccccc4)CCCC3=O)ccc2n(C)c1=O. The van der Waals surface area contributed by atoms with E-state index in [0.717, 1.165) is 9.80 Å². The maximum Gasteiger partial charge on any atom is 0.331 e. The number of rotatable bonds is 6. The molecule has 0 aliphatic heterocycles. The molecule has 1 aliphatic carbocycles. The molecule has 4 rings (SSSR count). The maximum absolute atomic E-state index is 13.7. The number of hydrogen-bond acceptors (Lipinski definition) is 5. The lowest BCUT2D eigenvalue weighted by molar-refractivity contribution is -0.115. The molecule has 0 N–H and O–H groups in total. The van der Waals surface area contributed by atoms with Crippen LogP contribution in [0.1, 0.15) is 48.5 Å². The highest BCUT2D eigenvalue weighted by Crippen LogP contribution is 2.37. The molecule has 33 heavy (non-hydrogen) atoms. The first-order chi connectivity index (χ1) is 15.8. The summed E-state index contributed by atoms with van der Waals surface area (Å²) >= 11 is 1.45. The summed E-state index contributed by atoms with van der Waals surface area (Å²) in [5.74, 6) is -0.513. The smallest absolute Gasteiger partial charge is 0.296 e. The summed E-state index contributed by atoms with van der Waals surface area (Å²) in [5, 5.41) is 0.345. The van der Waals surface area contributed by atoms with Crippen molar-refractivity contribution < 1.29 is 9.59 Å². The van der Waals surface area contributed by atoms with Crippen molar-refractivity contribution in [2.24, 2.45) is 7.05 Å². The number of hydrogen-bond donors (Lipinski definition) is 0. The van der Waals surface area contributed by atoms with Gasteiger partial charge in [0.25, 0.3) is 5.56 Å². The summed E-state index contributed by atoms with van der Waals surface area (Å²) in [6.45, 7) is 3.92. The molecule has 0 radical (unpaired) electrons. The Morgan fingerprint density at radius 1 is 1.03 bits per heavy atom. The Kier molecular flexibility index (Phi) is 6.51. The molecule has 6 nitrogen and oxygen atoms in total. The average molecular weight is 463 g/mol. The van der Waals surface area contributed by atoms with Crippen molar-refractivity contribution in [3.05, 3.63) is 84.9 Å². The van der Waals surface area contributed by atoms with Crippen LogP contribution in [0.3, 0.4) is 0 Å². The van der Waals surface area contributed by atoms with Gasteiger partial charge in [0.2, 0.25) is 0 Å². The Hall–Kier alpha value is -3.19. The van der Waals surface area contributed by atoms with Gasteiger partial charge in [-0.15, -0.1) is 0 Å². The minimum atomic E-state index is -0.398. The number of carbonyl (C=O) groups is 2. The molecule has 3 aromatic rings. The summed E-state index contributed by atoms with van der Waals surface area (Å²) < 4.78 is 2.65. The zero-order valence-electron chi connectivity index (χ0n) is 19.0. The maximum atomic E-state index is 13.7. The van der Waals surface area contributed by atoms with Crippen molar-refractivity contribution in [1.29, 1.82) is 0 Å². The van der Waals surface area contributed by atoms with E-state index in [9.17, 15) is 19.2 Å². The van der Waals surface area contributed by atoms with Crippen molar-refractivity contribution in [2.75, 3.05) is 0 Å². The molecule has 170 valence electrons. The van der Waals surface area contributed by atoms with E-state index in [2.05, 4.69) is 0 Å². The van der Waals surface area contributed by atoms with Crippen LogP contribution in [0.5, 0.6) is 0 Å². The number of ketones is 2. The molecule has 2 aromatic carbocycles. The van der Waals surface area contributed by atoms with Crippen LogP contribution in [0.2, 0.25) is 0 Å². The molecule has 0 bridgehead atoms. The van der Waals surface area contributed by atoms with Gasteiger partial charge >= 0.3 is 5.69 Å². The summed E-state index contributed by atoms with van der Waals surface area (Å²) in [4.78, 5) is 54.1. The van der Waals surface area contributed by atoms with Gasteiger partial charge in [-0.25, -0.2) is 4.79 Å². The third-order valence-electron chi connectivity index (χ3n) is 6.05. The predicted octanol–water partition coefficient (Wildman–Crippen LogP) is 4.40. The number of fused-ring (bicyclic) bond motifs is 1. The van der Waals surface area contributed by atoms with Crippen LogP contribution in [-0.2, 0) is 18.4 Å². The molecule has 1 aliphatic rings. The van der Waals surface area contributed by atoms with Crippen LogP contribution in [0.4, 0.5) is 0 Å². The minimum absolute atomic E-state index is 0.159. The zero-order valence-corrected chi connectivity index (χ0v) is 19.8. The first-order valence-corrected chi connectivity index (χ1v) is 11.9. The number of Topliss-reactive ketones (excluding diaryl/α,β-unsaturated/α-hetero) is 2.